The largest absolute Gasteiger partial charge is 0.484 e. The van der Waals surface area contributed by atoms with E-state index in [1.165, 1.54) is 0 Å². The van der Waals surface area contributed by atoms with E-state index in [1.807, 2.05) is 31.2 Å². The number of hydrogen-bond acceptors (Lipinski definition) is 3. The van der Waals surface area contributed by atoms with Crippen molar-refractivity contribution in [3.63, 3.8) is 0 Å². The fraction of sp³-hybridized carbons (Fsp3) is 0.235. The van der Waals surface area contributed by atoms with Gasteiger partial charge in [-0.1, -0.05) is 29.8 Å². The first-order valence-corrected chi connectivity index (χ1v) is 6.82. The van der Waals surface area contributed by atoms with E-state index in [0.717, 1.165) is 16.8 Å². The Balaban J connectivity index is 1.84. The van der Waals surface area contributed by atoms with Crippen LogP contribution in [0, 0.1) is 6.92 Å². The van der Waals surface area contributed by atoms with Gasteiger partial charge >= 0.3 is 0 Å². The van der Waals surface area contributed by atoms with Gasteiger partial charge in [0.2, 0.25) is 0 Å². The van der Waals surface area contributed by atoms with Crippen LogP contribution < -0.4 is 10.1 Å². The highest BCUT2D eigenvalue weighted by Crippen LogP contribution is 2.17. The first kappa shape index (κ1) is 15.1. The SMILES string of the molecule is Cc1ccc(NC(=O)COc2ccc([C@H](C)O)cc2)cc1. The van der Waals surface area contributed by atoms with Gasteiger partial charge in [-0.25, -0.2) is 0 Å². The number of carbonyl (C=O) groups is 1. The van der Waals surface area contributed by atoms with Gasteiger partial charge in [0.25, 0.3) is 5.91 Å². The molecule has 1 amide bonds. The topological polar surface area (TPSA) is 58.6 Å². The molecule has 0 aliphatic rings. The van der Waals surface area contributed by atoms with Crippen molar-refractivity contribution >= 4 is 11.6 Å². The van der Waals surface area contributed by atoms with E-state index in [0.29, 0.717) is 5.75 Å². The van der Waals surface area contributed by atoms with Crippen LogP contribution in [-0.2, 0) is 4.79 Å². The van der Waals surface area contributed by atoms with E-state index in [-0.39, 0.29) is 12.5 Å². The molecule has 0 heterocycles. The van der Waals surface area contributed by atoms with E-state index < -0.39 is 6.10 Å². The quantitative estimate of drug-likeness (QED) is 0.887. The normalized spacial score (nSPS) is 11.8. The average molecular weight is 285 g/mol. The second kappa shape index (κ2) is 6.90. The molecule has 21 heavy (non-hydrogen) atoms. The maximum Gasteiger partial charge on any atom is 0.262 e. The molecule has 0 radical (unpaired) electrons. The summed E-state index contributed by atoms with van der Waals surface area (Å²) in [5, 5.41) is 12.2. The van der Waals surface area contributed by atoms with Crippen LogP contribution in [0.2, 0.25) is 0 Å². The number of anilines is 1. The van der Waals surface area contributed by atoms with Crippen LogP contribution >= 0.6 is 0 Å². The van der Waals surface area contributed by atoms with Crippen molar-refractivity contribution in [3.8, 4) is 5.75 Å². The lowest BCUT2D eigenvalue weighted by Gasteiger charge is -2.09. The molecule has 0 aliphatic heterocycles. The molecule has 4 nitrogen and oxygen atoms in total. The number of hydrogen-bond donors (Lipinski definition) is 2. The summed E-state index contributed by atoms with van der Waals surface area (Å²) < 4.78 is 5.40. The highest BCUT2D eigenvalue weighted by Gasteiger charge is 2.05. The maximum absolute atomic E-state index is 11.8. The molecule has 0 bridgehead atoms. The van der Waals surface area contributed by atoms with Crippen molar-refractivity contribution < 1.29 is 14.6 Å². The van der Waals surface area contributed by atoms with Crippen molar-refractivity contribution in [3.05, 3.63) is 59.7 Å². The third kappa shape index (κ3) is 4.61. The smallest absolute Gasteiger partial charge is 0.262 e. The average Bonchev–Trinajstić information content (AvgIpc) is 2.48. The van der Waals surface area contributed by atoms with Crippen LogP contribution in [0.4, 0.5) is 5.69 Å². The zero-order valence-electron chi connectivity index (χ0n) is 12.2. The molecule has 0 fully saturated rings. The van der Waals surface area contributed by atoms with Crippen molar-refractivity contribution in [2.75, 3.05) is 11.9 Å². The van der Waals surface area contributed by atoms with Gasteiger partial charge in [0.15, 0.2) is 6.61 Å². The fourth-order valence-corrected chi connectivity index (χ4v) is 1.83. The molecule has 4 heteroatoms. The number of amides is 1. The zero-order chi connectivity index (χ0) is 15.2. The van der Waals surface area contributed by atoms with Crippen LogP contribution in [0.5, 0.6) is 5.75 Å². The predicted molar refractivity (Wildman–Crippen MR) is 82.4 cm³/mol. The standard InChI is InChI=1S/C17H19NO3/c1-12-3-7-15(8-4-12)18-17(20)11-21-16-9-5-14(6-10-16)13(2)19/h3-10,13,19H,11H2,1-2H3,(H,18,20)/t13-/m0/s1. The molecule has 110 valence electrons. The molecule has 2 N–H and O–H groups in total. The summed E-state index contributed by atoms with van der Waals surface area (Å²) in [7, 11) is 0. The number of benzene rings is 2. The molecule has 0 aromatic heterocycles. The van der Waals surface area contributed by atoms with Crippen molar-refractivity contribution in [2.45, 2.75) is 20.0 Å². The van der Waals surface area contributed by atoms with Crippen LogP contribution in [0.1, 0.15) is 24.2 Å². The Morgan fingerprint density at radius 1 is 1.14 bits per heavy atom. The van der Waals surface area contributed by atoms with Crippen LogP contribution in [-0.4, -0.2) is 17.6 Å². The number of rotatable bonds is 5. The van der Waals surface area contributed by atoms with Crippen LogP contribution in [0.25, 0.3) is 0 Å². The highest BCUT2D eigenvalue weighted by molar-refractivity contribution is 5.91. The summed E-state index contributed by atoms with van der Waals surface area (Å²) in [6.07, 6.45) is -0.510. The third-order valence-corrected chi connectivity index (χ3v) is 3.07. The molecule has 0 saturated heterocycles. The number of aliphatic hydroxyl groups is 1. The Labute approximate surface area is 124 Å². The minimum atomic E-state index is -0.510. The van der Waals surface area contributed by atoms with E-state index in [2.05, 4.69) is 5.32 Å². The molecule has 0 spiro atoms. The number of nitrogens with one attached hydrogen (secondary N) is 1. The Morgan fingerprint density at radius 2 is 1.76 bits per heavy atom. The van der Waals surface area contributed by atoms with E-state index in [9.17, 15) is 9.90 Å². The van der Waals surface area contributed by atoms with Gasteiger partial charge in [-0.3, -0.25) is 4.79 Å². The highest BCUT2D eigenvalue weighted by atomic mass is 16.5. The molecule has 0 unspecified atom stereocenters. The van der Waals surface area contributed by atoms with Crippen LogP contribution in [0.3, 0.4) is 0 Å². The minimum Gasteiger partial charge on any atom is -0.484 e. The summed E-state index contributed by atoms with van der Waals surface area (Å²) in [4.78, 5) is 11.8. The molecular formula is C17H19NO3. The van der Waals surface area contributed by atoms with Gasteiger partial charge in [0.05, 0.1) is 6.10 Å². The number of aliphatic hydroxyl groups excluding tert-OH is 1. The van der Waals surface area contributed by atoms with Gasteiger partial charge < -0.3 is 15.2 Å². The molecule has 0 aliphatic carbocycles. The Hall–Kier alpha value is -2.33. The maximum atomic E-state index is 11.8. The zero-order valence-corrected chi connectivity index (χ0v) is 12.2. The summed E-state index contributed by atoms with van der Waals surface area (Å²) in [5.41, 5.74) is 2.70. The number of carbonyl (C=O) groups excluding carboxylic acids is 1. The molecule has 2 aromatic carbocycles. The molecule has 1 atom stereocenters. The first-order valence-electron chi connectivity index (χ1n) is 6.82. The molecule has 0 saturated carbocycles. The number of ether oxygens (including phenoxy) is 1. The Kier molecular flexibility index (Phi) is 4.95. The van der Waals surface area contributed by atoms with Gasteiger partial charge in [0, 0.05) is 5.69 Å². The van der Waals surface area contributed by atoms with E-state index >= 15 is 0 Å². The van der Waals surface area contributed by atoms with E-state index in [4.69, 9.17) is 4.74 Å². The lowest BCUT2D eigenvalue weighted by molar-refractivity contribution is -0.118. The van der Waals surface area contributed by atoms with E-state index in [1.54, 1.807) is 31.2 Å². The monoisotopic (exact) mass is 285 g/mol. The van der Waals surface area contributed by atoms with Crippen molar-refractivity contribution in [1.82, 2.24) is 0 Å². The number of aryl methyl sites for hydroxylation is 1. The van der Waals surface area contributed by atoms with Gasteiger partial charge in [-0.2, -0.15) is 0 Å². The Bertz CT molecular complexity index is 588. The van der Waals surface area contributed by atoms with Gasteiger partial charge in [-0.05, 0) is 43.7 Å². The second-order valence-corrected chi connectivity index (χ2v) is 4.95. The fourth-order valence-electron chi connectivity index (χ4n) is 1.83. The minimum absolute atomic E-state index is 0.0537. The lowest BCUT2D eigenvalue weighted by atomic mass is 10.1. The Morgan fingerprint density at radius 3 is 2.33 bits per heavy atom. The van der Waals surface area contributed by atoms with Crippen molar-refractivity contribution in [1.29, 1.82) is 0 Å². The summed E-state index contributed by atoms with van der Waals surface area (Å²) >= 11 is 0. The van der Waals surface area contributed by atoms with Crippen molar-refractivity contribution in [2.24, 2.45) is 0 Å². The second-order valence-electron chi connectivity index (χ2n) is 4.95. The molecule has 2 rings (SSSR count). The predicted octanol–water partition coefficient (Wildman–Crippen LogP) is 3.07. The lowest BCUT2D eigenvalue weighted by Crippen LogP contribution is -2.20. The summed E-state index contributed by atoms with van der Waals surface area (Å²) in [6, 6.07) is 14.6. The summed E-state index contributed by atoms with van der Waals surface area (Å²) in [5.74, 6) is 0.386. The third-order valence-electron chi connectivity index (χ3n) is 3.07. The van der Waals surface area contributed by atoms with Gasteiger partial charge in [-0.15, -0.1) is 0 Å². The molecule has 2 aromatic rings. The van der Waals surface area contributed by atoms with Gasteiger partial charge in [0.1, 0.15) is 5.75 Å². The first-order chi connectivity index (χ1) is 10.0. The summed E-state index contributed by atoms with van der Waals surface area (Å²) in [6.45, 7) is 3.64. The molecular weight excluding hydrogens is 266 g/mol. The van der Waals surface area contributed by atoms with Crippen LogP contribution in [0.15, 0.2) is 48.5 Å².